The van der Waals surface area contributed by atoms with Crippen LogP contribution in [0.5, 0.6) is 0 Å². The third kappa shape index (κ3) is 1.78. The van der Waals surface area contributed by atoms with Crippen molar-refractivity contribution in [2.75, 3.05) is 13.1 Å². The van der Waals surface area contributed by atoms with E-state index in [2.05, 4.69) is 5.32 Å². The molecule has 17 heavy (non-hydrogen) atoms. The third-order valence-electron chi connectivity index (χ3n) is 3.56. The molecule has 3 heterocycles. The van der Waals surface area contributed by atoms with Gasteiger partial charge in [0.1, 0.15) is 5.70 Å². The Balaban J connectivity index is 1.91. The molecule has 2 fully saturated rings. The monoisotopic (exact) mass is 270 g/mol. The van der Waals surface area contributed by atoms with Crippen molar-refractivity contribution in [3.05, 3.63) is 10.6 Å². The van der Waals surface area contributed by atoms with E-state index in [9.17, 15) is 9.90 Å². The smallest absolute Gasteiger partial charge is 0.353 e. The summed E-state index contributed by atoms with van der Waals surface area (Å²) >= 11 is 6.89. The molecule has 0 aliphatic carbocycles. The average Bonchev–Trinajstić information content (AvgIpc) is 2.63. The molecule has 3 rings (SSSR count). The Labute approximate surface area is 109 Å². The van der Waals surface area contributed by atoms with Crippen molar-refractivity contribution < 1.29 is 9.90 Å². The summed E-state index contributed by atoms with van der Waals surface area (Å²) in [4.78, 5) is 15.1. The number of thiocarbonyl (C=S) groups is 1. The van der Waals surface area contributed by atoms with E-state index in [0.29, 0.717) is 11.6 Å². The van der Waals surface area contributed by atoms with E-state index in [1.54, 1.807) is 11.8 Å². The Kier molecular flexibility index (Phi) is 2.88. The van der Waals surface area contributed by atoms with Crippen LogP contribution in [-0.4, -0.2) is 39.4 Å². The van der Waals surface area contributed by atoms with Gasteiger partial charge in [0.05, 0.1) is 10.4 Å². The predicted molar refractivity (Wildman–Crippen MR) is 70.7 cm³/mol. The van der Waals surface area contributed by atoms with E-state index in [-0.39, 0.29) is 5.37 Å². The van der Waals surface area contributed by atoms with Crippen molar-refractivity contribution in [2.45, 2.75) is 24.6 Å². The van der Waals surface area contributed by atoms with Crippen LogP contribution in [0, 0.1) is 5.92 Å². The first kappa shape index (κ1) is 11.5. The minimum atomic E-state index is -0.824. The average molecular weight is 270 g/mol. The predicted octanol–water partition coefficient (Wildman–Crippen LogP) is 1.39. The van der Waals surface area contributed by atoms with Crippen LogP contribution in [0.2, 0.25) is 0 Å². The summed E-state index contributed by atoms with van der Waals surface area (Å²) in [6, 6.07) is 0. The molecule has 3 aliphatic rings. The Morgan fingerprint density at radius 2 is 2.18 bits per heavy atom. The van der Waals surface area contributed by atoms with E-state index < -0.39 is 5.97 Å². The molecule has 0 saturated carbocycles. The molecule has 6 heteroatoms. The highest BCUT2D eigenvalue weighted by atomic mass is 32.2. The Bertz CT molecular complexity index is 416. The Hall–Kier alpha value is -0.590. The second kappa shape index (κ2) is 4.26. The van der Waals surface area contributed by atoms with Crippen LogP contribution in [0.3, 0.4) is 0 Å². The first-order valence-corrected chi connectivity index (χ1v) is 7.14. The van der Waals surface area contributed by atoms with Crippen molar-refractivity contribution in [1.82, 2.24) is 10.2 Å². The second-order valence-electron chi connectivity index (χ2n) is 4.58. The summed E-state index contributed by atoms with van der Waals surface area (Å²) in [7, 11) is 0. The molecule has 2 N–H and O–H groups in total. The molecule has 1 atom stereocenters. The fourth-order valence-corrected chi connectivity index (χ4v) is 4.80. The summed E-state index contributed by atoms with van der Waals surface area (Å²) in [5, 5.41) is 12.9. The SMILES string of the molecule is O=C(O)C1=C(C2CCNCC2)S[C@H]2CC(=S)N12. The van der Waals surface area contributed by atoms with Crippen LogP contribution >= 0.6 is 24.0 Å². The van der Waals surface area contributed by atoms with Gasteiger partial charge >= 0.3 is 5.97 Å². The number of carbonyl (C=O) groups is 1. The largest absolute Gasteiger partial charge is 0.477 e. The van der Waals surface area contributed by atoms with Gasteiger partial charge in [0.25, 0.3) is 0 Å². The number of carboxylic acids is 1. The van der Waals surface area contributed by atoms with Crippen LogP contribution in [0.4, 0.5) is 0 Å². The van der Waals surface area contributed by atoms with Crippen molar-refractivity contribution in [3.63, 3.8) is 0 Å². The van der Waals surface area contributed by atoms with Crippen molar-refractivity contribution in [1.29, 1.82) is 0 Å². The number of piperidine rings is 1. The van der Waals surface area contributed by atoms with Crippen molar-refractivity contribution in [2.24, 2.45) is 5.92 Å². The maximum absolute atomic E-state index is 11.4. The van der Waals surface area contributed by atoms with Gasteiger partial charge in [-0.05, 0) is 31.8 Å². The molecule has 2 saturated heterocycles. The molecule has 0 aromatic rings. The quantitative estimate of drug-likeness (QED) is 0.740. The zero-order valence-electron chi connectivity index (χ0n) is 9.31. The van der Waals surface area contributed by atoms with Gasteiger partial charge in [0, 0.05) is 11.3 Å². The van der Waals surface area contributed by atoms with E-state index in [1.807, 2.05) is 4.90 Å². The molecule has 4 nitrogen and oxygen atoms in total. The molecule has 0 aromatic carbocycles. The van der Waals surface area contributed by atoms with Gasteiger partial charge in [0.15, 0.2) is 0 Å². The molecule has 0 amide bonds. The van der Waals surface area contributed by atoms with Gasteiger partial charge in [0.2, 0.25) is 0 Å². The number of rotatable bonds is 2. The minimum Gasteiger partial charge on any atom is -0.477 e. The zero-order chi connectivity index (χ0) is 12.0. The van der Waals surface area contributed by atoms with Crippen LogP contribution in [0.25, 0.3) is 0 Å². The fraction of sp³-hybridized carbons (Fsp3) is 0.636. The standard InChI is InChI=1S/C11H14N2O2S2/c14-11(15)9-10(6-1-3-12-4-2-6)17-8-5-7(16)13(8)9/h6,8,12H,1-5H2,(H,14,15)/t8-/m0/s1. The van der Waals surface area contributed by atoms with Gasteiger partial charge in [-0.1, -0.05) is 12.2 Å². The van der Waals surface area contributed by atoms with Gasteiger partial charge in [-0.2, -0.15) is 0 Å². The lowest BCUT2D eigenvalue weighted by molar-refractivity contribution is -0.134. The number of nitrogens with zero attached hydrogens (tertiary/aromatic N) is 1. The molecule has 3 aliphatic heterocycles. The van der Waals surface area contributed by atoms with E-state index in [0.717, 1.165) is 42.2 Å². The van der Waals surface area contributed by atoms with E-state index in [4.69, 9.17) is 12.2 Å². The van der Waals surface area contributed by atoms with Gasteiger partial charge in [-0.25, -0.2) is 4.79 Å². The van der Waals surface area contributed by atoms with E-state index in [1.165, 1.54) is 0 Å². The van der Waals surface area contributed by atoms with Gasteiger partial charge < -0.3 is 15.3 Å². The maximum atomic E-state index is 11.4. The normalized spacial score (nSPS) is 29.3. The zero-order valence-corrected chi connectivity index (χ0v) is 10.9. The second-order valence-corrected chi connectivity index (χ2v) is 6.27. The molecular weight excluding hydrogens is 256 g/mol. The number of aliphatic carboxylic acids is 1. The number of thioether (sulfide) groups is 1. The number of hydrogen-bond acceptors (Lipinski definition) is 4. The van der Waals surface area contributed by atoms with Crippen LogP contribution in [0.1, 0.15) is 19.3 Å². The lowest BCUT2D eigenvalue weighted by atomic mass is 9.96. The maximum Gasteiger partial charge on any atom is 0.353 e. The van der Waals surface area contributed by atoms with Crippen LogP contribution in [0.15, 0.2) is 10.6 Å². The molecule has 0 bridgehead atoms. The molecule has 92 valence electrons. The minimum absolute atomic E-state index is 0.262. The van der Waals surface area contributed by atoms with Gasteiger partial charge in [-0.3, -0.25) is 0 Å². The summed E-state index contributed by atoms with van der Waals surface area (Å²) in [5.74, 6) is -0.420. The van der Waals surface area contributed by atoms with Gasteiger partial charge in [-0.15, -0.1) is 11.8 Å². The number of nitrogens with one attached hydrogen (secondary N) is 1. The topological polar surface area (TPSA) is 52.6 Å². The summed E-state index contributed by atoms with van der Waals surface area (Å²) in [6.07, 6.45) is 2.92. The first-order chi connectivity index (χ1) is 8.18. The summed E-state index contributed by atoms with van der Waals surface area (Å²) < 4.78 is 0. The number of allylic oxidation sites excluding steroid dienone is 1. The molecular formula is C11H14N2O2S2. The molecule has 0 spiro atoms. The van der Waals surface area contributed by atoms with Crippen molar-refractivity contribution >= 4 is 34.9 Å². The fourth-order valence-electron chi connectivity index (χ4n) is 2.65. The molecule has 0 unspecified atom stereocenters. The lowest BCUT2D eigenvalue weighted by Crippen LogP contribution is -2.47. The van der Waals surface area contributed by atoms with Crippen LogP contribution < -0.4 is 5.32 Å². The highest BCUT2D eigenvalue weighted by Crippen LogP contribution is 2.50. The Morgan fingerprint density at radius 1 is 1.47 bits per heavy atom. The highest BCUT2D eigenvalue weighted by Gasteiger charge is 2.47. The number of hydrogen-bond donors (Lipinski definition) is 2. The number of fused-ring (bicyclic) bond motifs is 1. The lowest BCUT2D eigenvalue weighted by Gasteiger charge is -2.37. The number of carboxylic acid groups (broad SMARTS) is 1. The summed E-state index contributed by atoms with van der Waals surface area (Å²) in [5.41, 5.74) is 0.461. The molecule has 0 radical (unpaired) electrons. The summed E-state index contributed by atoms with van der Waals surface area (Å²) in [6.45, 7) is 1.97. The highest BCUT2D eigenvalue weighted by molar-refractivity contribution is 8.04. The molecule has 0 aromatic heterocycles. The Morgan fingerprint density at radius 3 is 2.76 bits per heavy atom. The third-order valence-corrected chi connectivity index (χ3v) is 5.35. The van der Waals surface area contributed by atoms with Crippen LogP contribution in [-0.2, 0) is 4.79 Å². The van der Waals surface area contributed by atoms with Crippen molar-refractivity contribution in [3.8, 4) is 0 Å². The van der Waals surface area contributed by atoms with E-state index >= 15 is 0 Å². The first-order valence-electron chi connectivity index (χ1n) is 5.85.